The molecule has 1 aliphatic carbocycles. The third-order valence-electron chi connectivity index (χ3n) is 2.66. The molecule has 1 aromatic rings. The summed E-state index contributed by atoms with van der Waals surface area (Å²) in [6.45, 7) is -1.78. The minimum Gasteiger partial charge on any atom is -0.246 e. The Bertz CT molecular complexity index is 664. The topological polar surface area (TPSA) is 39.8 Å². The van der Waals surface area contributed by atoms with E-state index in [4.69, 9.17) is 46.4 Å². The van der Waals surface area contributed by atoms with Crippen molar-refractivity contribution in [2.45, 2.75) is 22.8 Å². The van der Waals surface area contributed by atoms with Crippen molar-refractivity contribution in [3.8, 4) is 0 Å². The lowest BCUT2D eigenvalue weighted by atomic mass is 10.1. The van der Waals surface area contributed by atoms with Crippen molar-refractivity contribution in [3.05, 3.63) is 39.6 Å². The number of nitrogens with zero attached hydrogens (tertiary/aromatic N) is 3. The summed E-state index contributed by atoms with van der Waals surface area (Å²) in [6, 6.07) is 0. The van der Waals surface area contributed by atoms with E-state index < -0.39 is 21.6 Å². The van der Waals surface area contributed by atoms with Gasteiger partial charge in [-0.3, -0.25) is 0 Å². The van der Waals surface area contributed by atoms with Crippen LogP contribution in [-0.4, -0.2) is 18.7 Å². The fraction of sp³-hybridized carbons (Fsp3) is 0.400. The number of rotatable bonds is 2. The molecule has 1 unspecified atom stereocenters. The molecule has 1 heterocycles. The minimum atomic E-state index is -3.04. The van der Waals surface area contributed by atoms with Crippen molar-refractivity contribution in [3.63, 3.8) is 0 Å². The van der Waals surface area contributed by atoms with Crippen LogP contribution >= 0.6 is 46.4 Å². The van der Waals surface area contributed by atoms with Gasteiger partial charge in [0.25, 0.3) is 0 Å². The van der Waals surface area contributed by atoms with Crippen LogP contribution in [0.3, 0.4) is 0 Å². The molecular formula is C10H7Cl4F2N3O. The van der Waals surface area contributed by atoms with Crippen molar-refractivity contribution in [1.82, 2.24) is 14.3 Å². The van der Waals surface area contributed by atoms with Gasteiger partial charge in [0, 0.05) is 0 Å². The standard InChI is InChI=1S/C10H7Cl4F2N3O/c1-5-17-19(8(20)18(5)7(15)16)10(14)3-2-9(12,13)4-6(10)11/h2-4,7H,1H3. The number of hydrogen-bond acceptors (Lipinski definition) is 2. The van der Waals surface area contributed by atoms with Crippen molar-refractivity contribution in [2.75, 3.05) is 0 Å². The molecule has 10 heteroatoms. The van der Waals surface area contributed by atoms with Gasteiger partial charge in [0.1, 0.15) is 5.82 Å². The average molecular weight is 365 g/mol. The van der Waals surface area contributed by atoms with Crippen molar-refractivity contribution >= 4 is 46.4 Å². The molecule has 20 heavy (non-hydrogen) atoms. The number of alkyl halides is 5. The van der Waals surface area contributed by atoms with Gasteiger partial charge in [-0.2, -0.15) is 18.6 Å². The average Bonchev–Trinajstić information content (AvgIpc) is 2.60. The van der Waals surface area contributed by atoms with Crippen molar-refractivity contribution in [1.29, 1.82) is 0 Å². The van der Waals surface area contributed by atoms with E-state index in [0.29, 0.717) is 4.68 Å². The normalized spacial score (nSPS) is 25.1. The lowest BCUT2D eigenvalue weighted by Crippen LogP contribution is -2.39. The lowest BCUT2D eigenvalue weighted by molar-refractivity contribution is 0.0635. The predicted octanol–water partition coefficient (Wildman–Crippen LogP) is 3.51. The maximum Gasteiger partial charge on any atom is 0.352 e. The van der Waals surface area contributed by atoms with E-state index in [9.17, 15) is 13.6 Å². The Morgan fingerprint density at radius 3 is 2.35 bits per heavy atom. The molecule has 0 saturated carbocycles. The van der Waals surface area contributed by atoms with Gasteiger partial charge in [-0.05, 0) is 25.2 Å². The molecule has 0 spiro atoms. The number of halogens is 6. The highest BCUT2D eigenvalue weighted by Crippen LogP contribution is 2.43. The maximum atomic E-state index is 12.8. The van der Waals surface area contributed by atoms with E-state index in [1.807, 2.05) is 0 Å². The van der Waals surface area contributed by atoms with E-state index in [-0.39, 0.29) is 15.4 Å². The Labute approximate surface area is 132 Å². The van der Waals surface area contributed by atoms with E-state index in [1.54, 1.807) is 0 Å². The quantitative estimate of drug-likeness (QED) is 0.595. The fourth-order valence-corrected chi connectivity index (χ4v) is 2.70. The highest BCUT2D eigenvalue weighted by molar-refractivity contribution is 6.52. The molecule has 4 nitrogen and oxygen atoms in total. The van der Waals surface area contributed by atoms with Crippen LogP contribution in [0.5, 0.6) is 0 Å². The Hall–Kier alpha value is -0.560. The second kappa shape index (κ2) is 5.02. The van der Waals surface area contributed by atoms with Gasteiger partial charge in [0.2, 0.25) is 0 Å². The van der Waals surface area contributed by atoms with Crippen molar-refractivity contribution < 1.29 is 8.78 Å². The van der Waals surface area contributed by atoms with E-state index >= 15 is 0 Å². The van der Waals surface area contributed by atoms with Gasteiger partial charge < -0.3 is 0 Å². The first-order chi connectivity index (χ1) is 9.08. The molecule has 0 amide bonds. The van der Waals surface area contributed by atoms with Crippen LogP contribution in [0.4, 0.5) is 8.78 Å². The monoisotopic (exact) mass is 363 g/mol. The fourth-order valence-electron chi connectivity index (χ4n) is 1.70. The van der Waals surface area contributed by atoms with Crippen LogP contribution in [0.1, 0.15) is 12.4 Å². The van der Waals surface area contributed by atoms with Crippen LogP contribution in [0, 0.1) is 6.92 Å². The third kappa shape index (κ3) is 2.50. The smallest absolute Gasteiger partial charge is 0.246 e. The second-order valence-electron chi connectivity index (χ2n) is 4.06. The maximum absolute atomic E-state index is 12.8. The number of hydrogen-bond donors (Lipinski definition) is 0. The molecule has 0 aromatic carbocycles. The van der Waals surface area contributed by atoms with Crippen molar-refractivity contribution in [2.24, 2.45) is 0 Å². The van der Waals surface area contributed by atoms with E-state index in [1.165, 1.54) is 25.2 Å². The first kappa shape index (κ1) is 15.8. The van der Waals surface area contributed by atoms with Gasteiger partial charge in [-0.15, -0.1) is 0 Å². The summed E-state index contributed by atoms with van der Waals surface area (Å²) in [5.74, 6) is -0.198. The number of aromatic nitrogens is 3. The SMILES string of the molecule is Cc1nn(C2(Cl)C=CC(Cl)(Cl)C=C2Cl)c(=O)n1C(F)F. The molecular weight excluding hydrogens is 358 g/mol. The summed E-state index contributed by atoms with van der Waals surface area (Å²) < 4.78 is 25.0. The van der Waals surface area contributed by atoms with Crippen LogP contribution in [0.2, 0.25) is 0 Å². The Morgan fingerprint density at radius 1 is 1.30 bits per heavy atom. The predicted molar refractivity (Wildman–Crippen MR) is 73.8 cm³/mol. The summed E-state index contributed by atoms with van der Waals surface area (Å²) in [5.41, 5.74) is -1.10. The Kier molecular flexibility index (Phi) is 3.97. The molecule has 0 aliphatic heterocycles. The summed E-state index contributed by atoms with van der Waals surface area (Å²) in [6.07, 6.45) is 3.69. The molecule has 2 rings (SSSR count). The minimum absolute atomic E-state index is 0.118. The highest BCUT2D eigenvalue weighted by atomic mass is 35.5. The van der Waals surface area contributed by atoms with Gasteiger partial charge >= 0.3 is 12.2 Å². The van der Waals surface area contributed by atoms with Gasteiger partial charge in [-0.1, -0.05) is 46.4 Å². The molecule has 1 aromatic heterocycles. The Morgan fingerprint density at radius 2 is 1.90 bits per heavy atom. The highest BCUT2D eigenvalue weighted by Gasteiger charge is 2.41. The molecule has 0 N–H and O–H groups in total. The zero-order valence-electron chi connectivity index (χ0n) is 9.83. The zero-order chi connectivity index (χ0) is 15.3. The summed E-state index contributed by atoms with van der Waals surface area (Å²) in [4.78, 5) is 10.2. The largest absolute Gasteiger partial charge is 0.352 e. The lowest BCUT2D eigenvalue weighted by Gasteiger charge is -2.28. The molecule has 0 fully saturated rings. The molecule has 0 radical (unpaired) electrons. The molecule has 1 aliphatic rings. The first-order valence-electron chi connectivity index (χ1n) is 5.21. The summed E-state index contributed by atoms with van der Waals surface area (Å²) in [5, 5.41) is 3.60. The summed E-state index contributed by atoms with van der Waals surface area (Å²) >= 11 is 23.8. The molecule has 110 valence electrons. The number of allylic oxidation sites excluding steroid dienone is 4. The van der Waals surface area contributed by atoms with Crippen LogP contribution in [-0.2, 0) is 5.00 Å². The molecule has 1 atom stereocenters. The molecule has 0 bridgehead atoms. The third-order valence-corrected chi connectivity index (χ3v) is 4.12. The first-order valence-corrected chi connectivity index (χ1v) is 6.72. The zero-order valence-corrected chi connectivity index (χ0v) is 12.9. The van der Waals surface area contributed by atoms with E-state index in [0.717, 1.165) is 0 Å². The van der Waals surface area contributed by atoms with Crippen LogP contribution in [0.15, 0.2) is 28.1 Å². The van der Waals surface area contributed by atoms with E-state index in [2.05, 4.69) is 5.10 Å². The molecule has 0 saturated heterocycles. The van der Waals surface area contributed by atoms with Gasteiger partial charge in [-0.25, -0.2) is 9.36 Å². The summed E-state index contributed by atoms with van der Waals surface area (Å²) in [7, 11) is 0. The second-order valence-corrected chi connectivity index (χ2v) is 6.49. The van der Waals surface area contributed by atoms with Gasteiger partial charge in [0.15, 0.2) is 9.33 Å². The Balaban J connectivity index is 2.61. The van der Waals surface area contributed by atoms with Gasteiger partial charge in [0.05, 0.1) is 5.03 Å². The van der Waals surface area contributed by atoms with Crippen LogP contribution < -0.4 is 5.69 Å². The van der Waals surface area contributed by atoms with Crippen LogP contribution in [0.25, 0.3) is 0 Å². The number of aryl methyl sites for hydroxylation is 1.